The number of guanidine groups is 1. The molecule has 0 aromatic carbocycles. The molecule has 1 aliphatic carbocycles. The molecule has 4 heterocycles. The maximum Gasteiger partial charge on any atom is 0.240 e. The molecule has 2 aliphatic rings. The lowest BCUT2D eigenvalue weighted by molar-refractivity contribution is -0.165. The molecule has 1 aliphatic heterocycles. The summed E-state index contributed by atoms with van der Waals surface area (Å²) in [6.07, 6.45) is 7.70. The zero-order chi connectivity index (χ0) is 18.4. The van der Waals surface area contributed by atoms with E-state index in [1.165, 1.54) is 0 Å². The number of aromatic nitrogens is 4. The van der Waals surface area contributed by atoms with Crippen LogP contribution >= 0.6 is 0 Å². The van der Waals surface area contributed by atoms with E-state index in [9.17, 15) is 0 Å². The summed E-state index contributed by atoms with van der Waals surface area (Å²) in [4.78, 5) is 8.29. The van der Waals surface area contributed by atoms with Crippen LogP contribution in [0, 0.1) is 12.3 Å². The van der Waals surface area contributed by atoms with Crippen molar-refractivity contribution in [2.75, 3.05) is 13.2 Å². The van der Waals surface area contributed by atoms with Gasteiger partial charge in [-0.05, 0) is 44.7 Å². The van der Waals surface area contributed by atoms with E-state index in [1.807, 2.05) is 42.2 Å². The van der Waals surface area contributed by atoms with Crippen LogP contribution in [0.3, 0.4) is 0 Å². The maximum atomic E-state index is 5.33. The van der Waals surface area contributed by atoms with Gasteiger partial charge in [0.15, 0.2) is 5.65 Å². The summed E-state index contributed by atoms with van der Waals surface area (Å²) in [5, 5.41) is 12.6. The van der Waals surface area contributed by atoms with E-state index in [4.69, 9.17) is 4.74 Å². The molecule has 0 atom stereocenters. The molecule has 3 aromatic rings. The van der Waals surface area contributed by atoms with Gasteiger partial charge in [-0.3, -0.25) is 0 Å². The van der Waals surface area contributed by atoms with Crippen LogP contribution in [-0.2, 0) is 4.74 Å². The van der Waals surface area contributed by atoms with E-state index in [0.29, 0.717) is 17.4 Å². The third-order valence-electron chi connectivity index (χ3n) is 5.51. The van der Waals surface area contributed by atoms with Crippen molar-refractivity contribution < 1.29 is 4.74 Å². The van der Waals surface area contributed by atoms with E-state index in [-0.39, 0.29) is 0 Å². The predicted molar refractivity (Wildman–Crippen MR) is 103 cm³/mol. The summed E-state index contributed by atoms with van der Waals surface area (Å²) in [5.41, 5.74) is 4.11. The second kappa shape index (κ2) is 6.02. The lowest BCUT2D eigenvalue weighted by Gasteiger charge is -2.53. The quantitative estimate of drug-likeness (QED) is 0.571. The van der Waals surface area contributed by atoms with E-state index in [2.05, 4.69) is 32.2 Å². The summed E-state index contributed by atoms with van der Waals surface area (Å²) >= 11 is 0. The van der Waals surface area contributed by atoms with Crippen LogP contribution in [0.5, 0.6) is 0 Å². The first-order valence-electron chi connectivity index (χ1n) is 9.05. The van der Waals surface area contributed by atoms with Crippen LogP contribution in [-0.4, -0.2) is 51.2 Å². The number of hydrogen-bond acceptors (Lipinski definition) is 4. The summed E-state index contributed by atoms with van der Waals surface area (Å²) in [5.74, 6) is 0.540. The van der Waals surface area contributed by atoms with Gasteiger partial charge >= 0.3 is 0 Å². The molecular weight excluding hydrogens is 342 g/mol. The Morgan fingerprint density at radius 3 is 2.89 bits per heavy atom. The van der Waals surface area contributed by atoms with Crippen LogP contribution in [0.2, 0.25) is 0 Å². The van der Waals surface area contributed by atoms with Gasteiger partial charge in [-0.15, -0.1) is 5.10 Å². The zero-order valence-electron chi connectivity index (χ0n) is 15.2. The van der Waals surface area contributed by atoms with Gasteiger partial charge in [0.1, 0.15) is 0 Å². The fourth-order valence-electron chi connectivity index (χ4n) is 3.94. The summed E-state index contributed by atoms with van der Waals surface area (Å²) < 4.78 is 8.91. The van der Waals surface area contributed by atoms with Gasteiger partial charge in [-0.2, -0.15) is 5.10 Å². The molecule has 8 nitrogen and oxygen atoms in total. The van der Waals surface area contributed by atoms with E-state index < -0.39 is 0 Å². The molecule has 1 N–H and O–H groups in total. The van der Waals surface area contributed by atoms with E-state index in [1.54, 1.807) is 10.7 Å². The van der Waals surface area contributed by atoms with Gasteiger partial charge in [0.2, 0.25) is 5.96 Å². The van der Waals surface area contributed by atoms with Crippen molar-refractivity contribution in [1.82, 2.24) is 24.6 Å². The van der Waals surface area contributed by atoms with Crippen molar-refractivity contribution in [2.45, 2.75) is 25.8 Å². The number of fused-ring (bicyclic) bond motifs is 1. The topological polar surface area (TPSA) is 81.1 Å². The highest BCUT2D eigenvalue weighted by Gasteiger charge is 2.50. The Labute approximate surface area is 156 Å². The molecule has 1 spiro atoms. The number of ether oxygens (including phenoxy) is 1. The monoisotopic (exact) mass is 363 g/mol. The number of hydrogen-bond donors (Lipinski definition) is 1. The first-order chi connectivity index (χ1) is 13.2. The second-order valence-electron chi connectivity index (χ2n) is 7.43. The Morgan fingerprint density at radius 1 is 1.30 bits per heavy atom. The van der Waals surface area contributed by atoms with Crippen LogP contribution in [0.4, 0.5) is 0 Å². The Hall–Kier alpha value is -3.00. The summed E-state index contributed by atoms with van der Waals surface area (Å²) in [6, 6.07) is 6.32. The average molecular weight is 363 g/mol. The molecule has 3 aromatic heterocycles. The van der Waals surface area contributed by atoms with Gasteiger partial charge in [0, 0.05) is 41.3 Å². The molecule has 1 saturated heterocycles. The van der Waals surface area contributed by atoms with Crippen molar-refractivity contribution in [3.05, 3.63) is 42.5 Å². The van der Waals surface area contributed by atoms with Crippen molar-refractivity contribution >= 4 is 18.3 Å². The highest BCUT2D eigenvalue weighted by atomic mass is 16.5. The van der Waals surface area contributed by atoms with Crippen molar-refractivity contribution in [1.29, 1.82) is 0 Å². The van der Waals surface area contributed by atoms with Gasteiger partial charge in [-0.1, -0.05) is 0 Å². The average Bonchev–Trinajstić information content (AvgIpc) is 3.21. The predicted octanol–water partition coefficient (Wildman–Crippen LogP) is 2.09. The third kappa shape index (κ3) is 2.73. The van der Waals surface area contributed by atoms with Crippen LogP contribution in [0.15, 0.2) is 46.9 Å². The molecule has 5 rings (SSSR count). The largest absolute Gasteiger partial charge is 0.380 e. The summed E-state index contributed by atoms with van der Waals surface area (Å²) in [6.45, 7) is 7.44. The number of nitrogens with one attached hydrogen (secondary N) is 1. The fraction of sp³-hybridized carbons (Fsp3) is 0.368. The van der Waals surface area contributed by atoms with Crippen molar-refractivity contribution in [2.24, 2.45) is 15.5 Å². The Morgan fingerprint density at radius 2 is 2.15 bits per heavy atom. The van der Waals surface area contributed by atoms with Gasteiger partial charge in [-0.25, -0.2) is 19.2 Å². The van der Waals surface area contributed by atoms with Gasteiger partial charge in [0.05, 0.1) is 18.9 Å². The number of aliphatic imine (C=N–C) groups is 1. The smallest absolute Gasteiger partial charge is 0.240 e. The second-order valence-corrected chi connectivity index (χ2v) is 7.43. The molecule has 27 heavy (non-hydrogen) atoms. The number of imidazole rings is 1. The van der Waals surface area contributed by atoms with Crippen LogP contribution < -0.4 is 5.32 Å². The molecule has 2 fully saturated rings. The van der Waals surface area contributed by atoms with Crippen molar-refractivity contribution in [3.8, 4) is 11.3 Å². The molecule has 0 bridgehead atoms. The lowest BCUT2D eigenvalue weighted by atomic mass is 9.64. The van der Waals surface area contributed by atoms with Crippen LogP contribution in [0.1, 0.15) is 18.5 Å². The standard InChI is InChI=1S/C19H21N7O/c1-13-15(16-3-4-17-21-6-8-26(17)23-16)5-7-25(13)24-18(20-2)22-14-9-19(10-14)11-27-12-19/h3-8,14H,2,9-12H2,1H3,(H,22,24). The summed E-state index contributed by atoms with van der Waals surface area (Å²) in [7, 11) is 0. The van der Waals surface area contributed by atoms with Crippen molar-refractivity contribution in [3.63, 3.8) is 0 Å². The van der Waals surface area contributed by atoms with Crippen LogP contribution in [0.25, 0.3) is 16.9 Å². The normalized spacial score (nSPS) is 19.1. The molecule has 8 heteroatoms. The Balaban J connectivity index is 1.36. The number of nitrogens with zero attached hydrogens (tertiary/aromatic N) is 6. The highest BCUT2D eigenvalue weighted by Crippen LogP contribution is 2.46. The SMILES string of the molecule is C=N/C(=N\n1ccc(-c2ccc3nccn3n2)c1C)NC1CC2(COC2)C1. The molecule has 0 amide bonds. The molecule has 0 unspecified atom stereocenters. The zero-order valence-corrected chi connectivity index (χ0v) is 15.2. The lowest BCUT2D eigenvalue weighted by Crippen LogP contribution is -2.59. The minimum atomic E-state index is 0.388. The Bertz CT molecular complexity index is 1040. The molecule has 1 saturated carbocycles. The minimum absolute atomic E-state index is 0.388. The third-order valence-corrected chi connectivity index (χ3v) is 5.51. The first-order valence-corrected chi connectivity index (χ1v) is 9.05. The maximum absolute atomic E-state index is 5.33. The molecule has 0 radical (unpaired) electrons. The minimum Gasteiger partial charge on any atom is -0.380 e. The molecular formula is C19H21N7O. The van der Waals surface area contributed by atoms with Gasteiger partial charge in [0.25, 0.3) is 0 Å². The van der Waals surface area contributed by atoms with Gasteiger partial charge < -0.3 is 10.1 Å². The Kier molecular flexibility index (Phi) is 3.61. The fourth-order valence-corrected chi connectivity index (χ4v) is 3.94. The first kappa shape index (κ1) is 16.2. The highest BCUT2D eigenvalue weighted by molar-refractivity contribution is 5.84. The number of rotatable bonds is 3. The van der Waals surface area contributed by atoms with E-state index in [0.717, 1.165) is 48.7 Å². The van der Waals surface area contributed by atoms with E-state index >= 15 is 0 Å². The molecule has 138 valence electrons.